The Labute approximate surface area is 325 Å². The Hall–Kier alpha value is -7.42. The predicted octanol–water partition coefficient (Wildman–Crippen LogP) is 15.0. The van der Waals surface area contributed by atoms with Crippen molar-refractivity contribution >= 4 is 71.2 Å². The van der Waals surface area contributed by atoms with Crippen LogP contribution in [0.25, 0.3) is 82.1 Å². The molecule has 0 bridgehead atoms. The molecule has 56 heavy (non-hydrogen) atoms. The maximum absolute atomic E-state index is 2.43. The van der Waals surface area contributed by atoms with Crippen molar-refractivity contribution in [3.8, 4) is 27.9 Å². The number of aromatic nitrogens is 1. The minimum absolute atomic E-state index is 1.10. The van der Waals surface area contributed by atoms with E-state index in [1.54, 1.807) is 0 Å². The number of fused-ring (bicyclic) bond motifs is 7. The van der Waals surface area contributed by atoms with Gasteiger partial charge in [0.1, 0.15) is 0 Å². The zero-order valence-corrected chi connectivity index (χ0v) is 30.7. The van der Waals surface area contributed by atoms with E-state index >= 15 is 0 Å². The lowest BCUT2D eigenvalue weighted by Crippen LogP contribution is -2.11. The van der Waals surface area contributed by atoms with Gasteiger partial charge in [0, 0.05) is 33.4 Å². The minimum atomic E-state index is 1.10. The van der Waals surface area contributed by atoms with Crippen LogP contribution in [-0.2, 0) is 0 Å². The van der Waals surface area contributed by atoms with E-state index in [1.807, 2.05) is 0 Å². The van der Waals surface area contributed by atoms with Crippen LogP contribution in [0.15, 0.2) is 218 Å². The molecule has 11 aromatic rings. The molecule has 0 atom stereocenters. The van der Waals surface area contributed by atoms with Crippen LogP contribution in [0.1, 0.15) is 0 Å². The number of para-hydroxylation sites is 2. The van der Waals surface area contributed by atoms with Crippen LogP contribution in [0.3, 0.4) is 0 Å². The highest BCUT2D eigenvalue weighted by atomic mass is 15.1. The molecule has 0 unspecified atom stereocenters. The van der Waals surface area contributed by atoms with E-state index in [1.165, 1.54) is 76.4 Å². The third kappa shape index (κ3) is 5.26. The van der Waals surface area contributed by atoms with Gasteiger partial charge < -0.3 is 9.47 Å². The maximum atomic E-state index is 2.43. The normalized spacial score (nSPS) is 11.6. The van der Waals surface area contributed by atoms with E-state index in [2.05, 4.69) is 228 Å². The van der Waals surface area contributed by atoms with Crippen LogP contribution in [-0.4, -0.2) is 4.57 Å². The van der Waals surface area contributed by atoms with Crippen molar-refractivity contribution in [2.45, 2.75) is 0 Å². The van der Waals surface area contributed by atoms with E-state index in [-0.39, 0.29) is 0 Å². The van der Waals surface area contributed by atoms with Crippen molar-refractivity contribution in [3.05, 3.63) is 218 Å². The van der Waals surface area contributed by atoms with E-state index in [9.17, 15) is 0 Å². The van der Waals surface area contributed by atoms with Gasteiger partial charge in [0.25, 0.3) is 0 Å². The summed E-state index contributed by atoms with van der Waals surface area (Å²) in [6.45, 7) is 0. The minimum Gasteiger partial charge on any atom is -0.310 e. The predicted molar refractivity (Wildman–Crippen MR) is 239 cm³/mol. The number of rotatable bonds is 6. The molecule has 0 saturated carbocycles. The molecule has 0 saturated heterocycles. The van der Waals surface area contributed by atoms with Gasteiger partial charge in [-0.15, -0.1) is 0 Å². The molecule has 1 aromatic heterocycles. The number of nitrogens with zero attached hydrogens (tertiary/aromatic N) is 2. The Kier molecular flexibility index (Phi) is 7.53. The molecule has 0 aliphatic rings. The van der Waals surface area contributed by atoms with Gasteiger partial charge in [0.2, 0.25) is 0 Å². The molecule has 1 heterocycles. The average molecular weight is 713 g/mol. The van der Waals surface area contributed by atoms with Crippen LogP contribution < -0.4 is 4.90 Å². The first-order chi connectivity index (χ1) is 27.8. The fourth-order valence-electron chi connectivity index (χ4n) is 8.76. The molecule has 0 fully saturated rings. The highest BCUT2D eigenvalue weighted by Crippen LogP contribution is 2.45. The van der Waals surface area contributed by atoms with Gasteiger partial charge in [0.15, 0.2) is 0 Å². The molecule has 10 aromatic carbocycles. The fraction of sp³-hybridized carbons (Fsp3) is 0. The number of anilines is 3. The van der Waals surface area contributed by atoms with Crippen molar-refractivity contribution in [3.63, 3.8) is 0 Å². The Morgan fingerprint density at radius 1 is 0.321 bits per heavy atom. The van der Waals surface area contributed by atoms with Crippen molar-refractivity contribution in [1.82, 2.24) is 4.57 Å². The van der Waals surface area contributed by atoms with Crippen LogP contribution in [0.4, 0.5) is 17.1 Å². The third-order valence-corrected chi connectivity index (χ3v) is 11.3. The number of benzene rings is 10. The van der Waals surface area contributed by atoms with Crippen LogP contribution in [0, 0.1) is 0 Å². The van der Waals surface area contributed by atoms with Crippen LogP contribution >= 0.6 is 0 Å². The van der Waals surface area contributed by atoms with Crippen molar-refractivity contribution < 1.29 is 0 Å². The standard InChI is InChI=1S/C54H36N2/c1-3-15-37(16-4-1)48-25-11-12-27-51(48)55(45-31-32-47-42(34-45)30-29-38-17-9-10-24-46(38)47)44-23-13-20-41(33-44)49-26-14-28-52-54(49)50-35-39-18-7-8-19-40(39)36-53(50)56(52)43-21-5-2-6-22-43/h1-36H. The average Bonchev–Trinajstić information content (AvgIpc) is 3.59. The molecule has 0 radical (unpaired) electrons. The zero-order chi connectivity index (χ0) is 37.0. The highest BCUT2D eigenvalue weighted by Gasteiger charge is 2.21. The topological polar surface area (TPSA) is 8.17 Å². The van der Waals surface area contributed by atoms with E-state index in [0.29, 0.717) is 0 Å². The van der Waals surface area contributed by atoms with E-state index < -0.39 is 0 Å². The van der Waals surface area contributed by atoms with Gasteiger partial charge in [-0.1, -0.05) is 158 Å². The second-order valence-electron chi connectivity index (χ2n) is 14.5. The monoisotopic (exact) mass is 712 g/mol. The summed E-state index contributed by atoms with van der Waals surface area (Å²) in [5.41, 5.74) is 11.6. The first-order valence-corrected chi connectivity index (χ1v) is 19.3. The number of hydrogen-bond acceptors (Lipinski definition) is 1. The van der Waals surface area contributed by atoms with Crippen molar-refractivity contribution in [1.29, 1.82) is 0 Å². The summed E-state index contributed by atoms with van der Waals surface area (Å²) < 4.78 is 2.42. The molecule has 2 heteroatoms. The molecule has 0 N–H and O–H groups in total. The summed E-state index contributed by atoms with van der Waals surface area (Å²) in [6, 6.07) is 79.6. The molecular weight excluding hydrogens is 677 g/mol. The van der Waals surface area contributed by atoms with Gasteiger partial charge >= 0.3 is 0 Å². The van der Waals surface area contributed by atoms with Gasteiger partial charge in [-0.25, -0.2) is 0 Å². The largest absolute Gasteiger partial charge is 0.310 e. The second kappa shape index (κ2) is 13.2. The quantitative estimate of drug-likeness (QED) is 0.156. The van der Waals surface area contributed by atoms with Crippen LogP contribution in [0.5, 0.6) is 0 Å². The zero-order valence-electron chi connectivity index (χ0n) is 30.7. The first kappa shape index (κ1) is 32.0. The lowest BCUT2D eigenvalue weighted by atomic mass is 9.97. The molecule has 0 spiro atoms. The molecule has 2 nitrogen and oxygen atoms in total. The first-order valence-electron chi connectivity index (χ1n) is 19.3. The second-order valence-corrected chi connectivity index (χ2v) is 14.5. The molecule has 0 amide bonds. The Morgan fingerprint density at radius 3 is 1.80 bits per heavy atom. The van der Waals surface area contributed by atoms with Gasteiger partial charge in [0.05, 0.1) is 16.7 Å². The molecule has 0 aliphatic heterocycles. The summed E-state index contributed by atoms with van der Waals surface area (Å²) >= 11 is 0. The molecule has 11 rings (SSSR count). The van der Waals surface area contributed by atoms with Crippen molar-refractivity contribution in [2.75, 3.05) is 4.90 Å². The summed E-state index contributed by atoms with van der Waals surface area (Å²) in [6.07, 6.45) is 0. The third-order valence-electron chi connectivity index (χ3n) is 11.3. The molecule has 0 aliphatic carbocycles. The molecular formula is C54H36N2. The van der Waals surface area contributed by atoms with Crippen LogP contribution in [0.2, 0.25) is 0 Å². The lowest BCUT2D eigenvalue weighted by molar-refractivity contribution is 1.18. The summed E-state index contributed by atoms with van der Waals surface area (Å²) in [4.78, 5) is 2.43. The van der Waals surface area contributed by atoms with Gasteiger partial charge in [-0.05, 0) is 110 Å². The maximum Gasteiger partial charge on any atom is 0.0547 e. The fourth-order valence-corrected chi connectivity index (χ4v) is 8.76. The SMILES string of the molecule is c1ccc(-c2ccccc2N(c2cccc(-c3cccc4c3c3cc5ccccc5cc3n4-c3ccccc3)c2)c2ccc3c(ccc4ccccc43)c2)cc1. The Bertz CT molecular complexity index is 3250. The van der Waals surface area contributed by atoms with E-state index in [0.717, 1.165) is 22.7 Å². The number of hydrogen-bond donors (Lipinski definition) is 0. The van der Waals surface area contributed by atoms with E-state index in [4.69, 9.17) is 0 Å². The Morgan fingerprint density at radius 2 is 0.946 bits per heavy atom. The Balaban J connectivity index is 1.16. The lowest BCUT2D eigenvalue weighted by Gasteiger charge is -2.28. The van der Waals surface area contributed by atoms with Crippen molar-refractivity contribution in [2.24, 2.45) is 0 Å². The summed E-state index contributed by atoms with van der Waals surface area (Å²) in [5.74, 6) is 0. The smallest absolute Gasteiger partial charge is 0.0547 e. The highest BCUT2D eigenvalue weighted by molar-refractivity contribution is 6.19. The van der Waals surface area contributed by atoms with Gasteiger partial charge in [-0.2, -0.15) is 0 Å². The van der Waals surface area contributed by atoms with Gasteiger partial charge in [-0.3, -0.25) is 0 Å². The summed E-state index contributed by atoms with van der Waals surface area (Å²) in [5, 5.41) is 9.96. The molecule has 262 valence electrons. The summed E-state index contributed by atoms with van der Waals surface area (Å²) in [7, 11) is 0.